The van der Waals surface area contributed by atoms with Crippen LogP contribution in [-0.2, 0) is 23.8 Å². The van der Waals surface area contributed by atoms with Crippen molar-refractivity contribution in [2.45, 2.75) is 38.7 Å². The van der Waals surface area contributed by atoms with Gasteiger partial charge in [0.25, 0.3) is 0 Å². The number of hydrogen-bond acceptors (Lipinski definition) is 8. The topological polar surface area (TPSA) is 109 Å². The molecule has 2 unspecified atom stereocenters. The minimum atomic E-state index is -1.18. The molecule has 1 aromatic heterocycles. The maximum atomic E-state index is 12.8. The van der Waals surface area contributed by atoms with Gasteiger partial charge < -0.3 is 14.2 Å². The maximum Gasteiger partial charge on any atom is 0.339 e. The van der Waals surface area contributed by atoms with E-state index in [4.69, 9.17) is 14.2 Å². The van der Waals surface area contributed by atoms with E-state index in [1.54, 1.807) is 20.8 Å². The summed E-state index contributed by atoms with van der Waals surface area (Å²) in [7, 11) is 2.38. The molecule has 0 aliphatic heterocycles. The van der Waals surface area contributed by atoms with Crippen LogP contribution < -0.4 is 0 Å². The van der Waals surface area contributed by atoms with Crippen LogP contribution in [0.4, 0.5) is 0 Å². The Labute approximate surface area is 150 Å². The molecule has 0 N–H and O–H groups in total. The van der Waals surface area contributed by atoms with Gasteiger partial charge in [0.2, 0.25) is 0 Å². The van der Waals surface area contributed by atoms with E-state index < -0.39 is 41.1 Å². The summed E-state index contributed by atoms with van der Waals surface area (Å²) in [5, 5.41) is 0. The Morgan fingerprint density at radius 3 is 2.23 bits per heavy atom. The molecule has 0 radical (unpaired) electrons. The van der Waals surface area contributed by atoms with Gasteiger partial charge in [-0.3, -0.25) is 19.4 Å². The molecule has 0 saturated heterocycles. The summed E-state index contributed by atoms with van der Waals surface area (Å²) in [4.78, 5) is 53.5. The third-order valence-electron chi connectivity index (χ3n) is 3.97. The Hall–Kier alpha value is -2.77. The summed E-state index contributed by atoms with van der Waals surface area (Å²) in [6, 6.07) is 0. The lowest BCUT2D eigenvalue weighted by atomic mass is 9.75. The number of carbonyl (C=O) groups is 4. The molecule has 1 aliphatic rings. The first-order valence-electron chi connectivity index (χ1n) is 8.01. The van der Waals surface area contributed by atoms with Gasteiger partial charge in [-0.25, -0.2) is 4.79 Å². The van der Waals surface area contributed by atoms with E-state index in [9.17, 15) is 19.2 Å². The monoisotopic (exact) mass is 363 g/mol. The van der Waals surface area contributed by atoms with Gasteiger partial charge in [0.1, 0.15) is 11.5 Å². The molecular weight excluding hydrogens is 342 g/mol. The zero-order valence-corrected chi connectivity index (χ0v) is 15.3. The van der Waals surface area contributed by atoms with Crippen molar-refractivity contribution in [2.24, 2.45) is 5.92 Å². The van der Waals surface area contributed by atoms with E-state index >= 15 is 0 Å². The van der Waals surface area contributed by atoms with Crippen LogP contribution in [0.5, 0.6) is 0 Å². The predicted molar refractivity (Wildman–Crippen MR) is 88.6 cm³/mol. The van der Waals surface area contributed by atoms with Gasteiger partial charge in [-0.05, 0) is 32.8 Å². The first kappa shape index (κ1) is 19.6. The van der Waals surface area contributed by atoms with Crippen molar-refractivity contribution in [2.75, 3.05) is 14.2 Å². The van der Waals surface area contributed by atoms with Crippen molar-refractivity contribution < 1.29 is 33.4 Å². The van der Waals surface area contributed by atoms with Gasteiger partial charge in [0, 0.05) is 18.0 Å². The average Bonchev–Trinajstić information content (AvgIpc) is 2.58. The highest BCUT2D eigenvalue weighted by molar-refractivity contribution is 6.13. The number of esters is 3. The Bertz CT molecular complexity index is 763. The van der Waals surface area contributed by atoms with Crippen LogP contribution in [0.2, 0.25) is 0 Å². The summed E-state index contributed by atoms with van der Waals surface area (Å²) in [6.07, 6.45) is 2.31. The number of hydrogen-bond donors (Lipinski definition) is 0. The van der Waals surface area contributed by atoms with Gasteiger partial charge in [-0.2, -0.15) is 0 Å². The second kappa shape index (κ2) is 7.23. The molecule has 0 spiro atoms. The number of methoxy groups -OCH3 is 2. The summed E-state index contributed by atoms with van der Waals surface area (Å²) >= 11 is 0. The number of pyridine rings is 1. The van der Waals surface area contributed by atoms with Crippen molar-refractivity contribution in [3.05, 3.63) is 29.1 Å². The maximum absolute atomic E-state index is 12.8. The number of rotatable bonds is 3. The Kier molecular flexibility index (Phi) is 5.44. The molecule has 2 atom stereocenters. The molecule has 0 bridgehead atoms. The van der Waals surface area contributed by atoms with Crippen molar-refractivity contribution >= 4 is 23.7 Å². The third kappa shape index (κ3) is 3.74. The van der Waals surface area contributed by atoms with Crippen molar-refractivity contribution in [3.63, 3.8) is 0 Å². The van der Waals surface area contributed by atoms with Crippen molar-refractivity contribution in [3.8, 4) is 0 Å². The molecule has 1 aromatic rings. The zero-order chi connectivity index (χ0) is 19.6. The lowest BCUT2D eigenvalue weighted by Gasteiger charge is -2.30. The summed E-state index contributed by atoms with van der Waals surface area (Å²) in [5.74, 6) is -4.84. The van der Waals surface area contributed by atoms with E-state index in [1.165, 1.54) is 26.6 Å². The summed E-state index contributed by atoms with van der Waals surface area (Å²) < 4.78 is 14.8. The minimum absolute atomic E-state index is 0.00334. The first-order chi connectivity index (χ1) is 12.1. The van der Waals surface area contributed by atoms with Crippen molar-refractivity contribution in [1.82, 2.24) is 4.98 Å². The van der Waals surface area contributed by atoms with Gasteiger partial charge >= 0.3 is 17.9 Å². The number of Topliss-reactive ketones (excluding diaryl/α,β-unsaturated/α-hetero) is 1. The molecule has 0 fully saturated rings. The van der Waals surface area contributed by atoms with E-state index in [-0.39, 0.29) is 23.1 Å². The SMILES string of the molecule is COC(=O)c1cncc2c1C(C(=O)OC)CC(C(=O)OC(C)(C)C)C2=O. The van der Waals surface area contributed by atoms with Gasteiger partial charge in [0.05, 0.1) is 25.7 Å². The number of ketones is 1. The van der Waals surface area contributed by atoms with Gasteiger partial charge in [-0.15, -0.1) is 0 Å². The van der Waals surface area contributed by atoms with Gasteiger partial charge in [-0.1, -0.05) is 0 Å². The molecule has 1 heterocycles. The average molecular weight is 363 g/mol. The predicted octanol–water partition coefficient (Wildman–Crippen LogP) is 1.67. The number of nitrogens with zero attached hydrogens (tertiary/aromatic N) is 1. The van der Waals surface area contributed by atoms with Gasteiger partial charge in [0.15, 0.2) is 5.78 Å². The number of aromatic nitrogens is 1. The smallest absolute Gasteiger partial charge is 0.339 e. The number of carbonyl (C=O) groups excluding carboxylic acids is 4. The Morgan fingerprint density at radius 1 is 1.04 bits per heavy atom. The van der Waals surface area contributed by atoms with E-state index in [1.807, 2.05) is 0 Å². The second-order valence-electron chi connectivity index (χ2n) is 6.90. The summed E-state index contributed by atoms with van der Waals surface area (Å²) in [5.41, 5.74) is -0.602. The quantitative estimate of drug-likeness (QED) is 0.453. The highest BCUT2D eigenvalue weighted by Gasteiger charge is 2.45. The molecule has 0 amide bonds. The normalized spacial score (nSPS) is 19.3. The molecular formula is C18H21NO7. The Morgan fingerprint density at radius 2 is 1.69 bits per heavy atom. The lowest BCUT2D eigenvalue weighted by molar-refractivity contribution is -0.158. The molecule has 140 valence electrons. The largest absolute Gasteiger partial charge is 0.469 e. The lowest BCUT2D eigenvalue weighted by Crippen LogP contribution is -2.39. The van der Waals surface area contributed by atoms with Crippen LogP contribution >= 0.6 is 0 Å². The fourth-order valence-corrected chi connectivity index (χ4v) is 2.90. The van der Waals surface area contributed by atoms with Crippen molar-refractivity contribution in [1.29, 1.82) is 0 Å². The number of ether oxygens (including phenoxy) is 3. The van der Waals surface area contributed by atoms with Crippen LogP contribution in [0, 0.1) is 5.92 Å². The molecule has 2 rings (SSSR count). The summed E-state index contributed by atoms with van der Waals surface area (Å²) in [6.45, 7) is 5.04. The molecule has 1 aliphatic carbocycles. The third-order valence-corrected chi connectivity index (χ3v) is 3.97. The standard InChI is InChI=1S/C18H21NO7/c1-18(2,3)26-17(23)10-6-9(15(21)24-4)13-11(14(10)20)7-19-8-12(13)16(22)25-5/h7-10H,6H2,1-5H3. The number of fused-ring (bicyclic) bond motifs is 1. The van der Waals surface area contributed by atoms with E-state index in [2.05, 4.69) is 4.98 Å². The molecule has 8 heteroatoms. The molecule has 0 aromatic carbocycles. The molecule has 8 nitrogen and oxygen atoms in total. The van der Waals surface area contributed by atoms with Crippen LogP contribution in [-0.4, -0.2) is 48.5 Å². The van der Waals surface area contributed by atoms with Crippen LogP contribution in [0.1, 0.15) is 59.4 Å². The van der Waals surface area contributed by atoms with E-state index in [0.29, 0.717) is 0 Å². The molecule has 0 saturated carbocycles. The van der Waals surface area contributed by atoms with Crippen LogP contribution in [0.3, 0.4) is 0 Å². The Balaban J connectivity index is 2.56. The fraction of sp³-hybridized carbons (Fsp3) is 0.500. The first-order valence-corrected chi connectivity index (χ1v) is 8.01. The minimum Gasteiger partial charge on any atom is -0.469 e. The van der Waals surface area contributed by atoms with Crippen LogP contribution in [0.15, 0.2) is 12.4 Å². The second-order valence-corrected chi connectivity index (χ2v) is 6.90. The van der Waals surface area contributed by atoms with Crippen LogP contribution in [0.25, 0.3) is 0 Å². The fourth-order valence-electron chi connectivity index (χ4n) is 2.90. The molecule has 26 heavy (non-hydrogen) atoms. The highest BCUT2D eigenvalue weighted by Crippen LogP contribution is 2.38. The zero-order valence-electron chi connectivity index (χ0n) is 15.3. The highest BCUT2D eigenvalue weighted by atomic mass is 16.6. The van der Waals surface area contributed by atoms with E-state index in [0.717, 1.165) is 0 Å².